The van der Waals surface area contributed by atoms with Gasteiger partial charge in [-0.1, -0.05) is 0 Å². The molecule has 0 unspecified atom stereocenters. The Morgan fingerprint density at radius 1 is 1.10 bits per heavy atom. The minimum absolute atomic E-state index is 0.0222. The number of piperidine rings is 1. The van der Waals surface area contributed by atoms with E-state index in [2.05, 4.69) is 10.4 Å². The van der Waals surface area contributed by atoms with Crippen molar-refractivity contribution in [2.45, 2.75) is 33.1 Å². The third-order valence-electron chi connectivity index (χ3n) is 5.86. The van der Waals surface area contributed by atoms with Gasteiger partial charge in [-0.15, -0.1) is 0 Å². The van der Waals surface area contributed by atoms with Crippen molar-refractivity contribution in [1.29, 1.82) is 0 Å². The lowest BCUT2D eigenvalue weighted by Gasteiger charge is -2.31. The summed E-state index contributed by atoms with van der Waals surface area (Å²) in [6, 6.07) is 11.7. The van der Waals surface area contributed by atoms with E-state index in [0.717, 1.165) is 28.3 Å². The van der Waals surface area contributed by atoms with Gasteiger partial charge in [0.1, 0.15) is 0 Å². The number of anilines is 1. The topological polar surface area (TPSA) is 72.2 Å². The maximum absolute atomic E-state index is 12.7. The Bertz CT molecular complexity index is 1070. The summed E-state index contributed by atoms with van der Waals surface area (Å²) < 4.78 is 3.84. The lowest BCUT2D eigenvalue weighted by molar-refractivity contribution is -0.133. The molecular formula is C24H29N5O2. The highest BCUT2D eigenvalue weighted by molar-refractivity contribution is 5.92. The molecule has 7 heteroatoms. The molecule has 162 valence electrons. The van der Waals surface area contributed by atoms with E-state index >= 15 is 0 Å². The Kier molecular flexibility index (Phi) is 5.93. The van der Waals surface area contributed by atoms with Crippen LogP contribution < -0.4 is 5.32 Å². The van der Waals surface area contributed by atoms with E-state index in [9.17, 15) is 9.59 Å². The van der Waals surface area contributed by atoms with Gasteiger partial charge in [-0.05, 0) is 68.7 Å². The van der Waals surface area contributed by atoms with Crippen LogP contribution in [0.3, 0.4) is 0 Å². The highest BCUT2D eigenvalue weighted by atomic mass is 16.2. The predicted molar refractivity (Wildman–Crippen MR) is 120 cm³/mol. The summed E-state index contributed by atoms with van der Waals surface area (Å²) in [6.45, 7) is 5.24. The number of nitrogens with one attached hydrogen (secondary N) is 1. The molecule has 1 N–H and O–H groups in total. The first-order valence-corrected chi connectivity index (χ1v) is 10.7. The molecule has 1 fully saturated rings. The van der Waals surface area contributed by atoms with Gasteiger partial charge >= 0.3 is 0 Å². The largest absolute Gasteiger partial charge is 0.357 e. The van der Waals surface area contributed by atoms with Gasteiger partial charge in [-0.2, -0.15) is 5.10 Å². The van der Waals surface area contributed by atoms with Crippen LogP contribution in [0.4, 0.5) is 5.69 Å². The lowest BCUT2D eigenvalue weighted by atomic mass is 9.95. The highest BCUT2D eigenvalue weighted by Gasteiger charge is 2.27. The smallest absolute Gasteiger partial charge is 0.227 e. The summed E-state index contributed by atoms with van der Waals surface area (Å²) >= 11 is 0. The molecule has 31 heavy (non-hydrogen) atoms. The van der Waals surface area contributed by atoms with E-state index in [1.54, 1.807) is 0 Å². The van der Waals surface area contributed by atoms with Crippen molar-refractivity contribution < 1.29 is 9.59 Å². The maximum Gasteiger partial charge on any atom is 0.227 e. The molecule has 2 amide bonds. The average molecular weight is 420 g/mol. The van der Waals surface area contributed by atoms with Crippen LogP contribution in [0.5, 0.6) is 0 Å². The number of amides is 2. The molecule has 3 aromatic rings. The second kappa shape index (κ2) is 8.79. The van der Waals surface area contributed by atoms with E-state index in [1.165, 1.54) is 0 Å². The first kappa shape index (κ1) is 20.9. The first-order chi connectivity index (χ1) is 14.9. The molecule has 0 aliphatic carbocycles. The number of nitrogens with zero attached hydrogens (tertiary/aromatic N) is 4. The monoisotopic (exact) mass is 419 g/mol. The Labute approximate surface area is 182 Å². The summed E-state index contributed by atoms with van der Waals surface area (Å²) in [6.07, 6.45) is 5.72. The number of aryl methyl sites for hydroxylation is 3. The van der Waals surface area contributed by atoms with Crippen molar-refractivity contribution in [3.63, 3.8) is 0 Å². The second-order valence-corrected chi connectivity index (χ2v) is 8.39. The van der Waals surface area contributed by atoms with Crippen LogP contribution in [0.2, 0.25) is 0 Å². The number of carbonyl (C=O) groups is 2. The molecule has 0 atom stereocenters. The van der Waals surface area contributed by atoms with Gasteiger partial charge in [0.2, 0.25) is 11.8 Å². The molecule has 1 saturated heterocycles. The number of hydrogen-bond donors (Lipinski definition) is 1. The summed E-state index contributed by atoms with van der Waals surface area (Å²) in [4.78, 5) is 27.1. The fourth-order valence-electron chi connectivity index (χ4n) is 4.16. The van der Waals surface area contributed by atoms with E-state index in [-0.39, 0.29) is 17.7 Å². The van der Waals surface area contributed by atoms with Crippen LogP contribution in [0.25, 0.3) is 5.69 Å². The molecule has 1 aliphatic rings. The van der Waals surface area contributed by atoms with E-state index in [1.807, 2.05) is 83.8 Å². The zero-order chi connectivity index (χ0) is 22.0. The Morgan fingerprint density at radius 3 is 2.39 bits per heavy atom. The van der Waals surface area contributed by atoms with Crippen molar-refractivity contribution in [1.82, 2.24) is 19.2 Å². The predicted octanol–water partition coefficient (Wildman–Crippen LogP) is 3.25. The molecule has 0 bridgehead atoms. The van der Waals surface area contributed by atoms with Crippen LogP contribution >= 0.6 is 0 Å². The van der Waals surface area contributed by atoms with E-state index in [0.29, 0.717) is 32.4 Å². The molecule has 4 rings (SSSR count). The number of likely N-dealkylation sites (tertiary alicyclic amines) is 1. The number of hydrogen-bond acceptors (Lipinski definition) is 3. The van der Waals surface area contributed by atoms with Crippen LogP contribution in [0.1, 0.15) is 29.8 Å². The van der Waals surface area contributed by atoms with Gasteiger partial charge in [0.05, 0.1) is 17.8 Å². The molecule has 0 saturated carbocycles. The standard InChI is InChI=1S/C24H29N5O2/c1-17-14-18(2)29(26-17)22-6-4-21(5-7-22)25-24(31)20-9-12-28(13-10-20)23(30)15-19-8-11-27(3)16-19/h4-8,11,14,16,20H,9-10,12-13,15H2,1-3H3,(H,25,31). The summed E-state index contributed by atoms with van der Waals surface area (Å²) in [5, 5.41) is 7.51. The van der Waals surface area contributed by atoms with Crippen LogP contribution in [-0.2, 0) is 23.1 Å². The number of carbonyl (C=O) groups excluding carboxylic acids is 2. The van der Waals surface area contributed by atoms with Gasteiger partial charge in [0, 0.05) is 49.8 Å². The average Bonchev–Trinajstić information content (AvgIpc) is 3.32. The molecule has 7 nitrogen and oxygen atoms in total. The zero-order valence-corrected chi connectivity index (χ0v) is 18.3. The number of rotatable bonds is 5. The van der Waals surface area contributed by atoms with Crippen molar-refractivity contribution in [2.75, 3.05) is 18.4 Å². The van der Waals surface area contributed by atoms with Gasteiger partial charge in [0.25, 0.3) is 0 Å². The maximum atomic E-state index is 12.7. The van der Waals surface area contributed by atoms with Gasteiger partial charge in [-0.3, -0.25) is 9.59 Å². The van der Waals surface area contributed by atoms with Crippen LogP contribution in [0, 0.1) is 19.8 Å². The summed E-state index contributed by atoms with van der Waals surface area (Å²) in [5.74, 6) is 0.0790. The third kappa shape index (κ3) is 4.87. The second-order valence-electron chi connectivity index (χ2n) is 8.39. The molecule has 1 aromatic carbocycles. The normalized spacial score (nSPS) is 14.6. The highest BCUT2D eigenvalue weighted by Crippen LogP contribution is 2.21. The fraction of sp³-hybridized carbons (Fsp3) is 0.375. The summed E-state index contributed by atoms with van der Waals surface area (Å²) in [5.41, 5.74) is 4.81. The number of aromatic nitrogens is 3. The zero-order valence-electron chi connectivity index (χ0n) is 18.3. The molecular weight excluding hydrogens is 390 g/mol. The van der Waals surface area contributed by atoms with Crippen molar-refractivity contribution >= 4 is 17.5 Å². The Balaban J connectivity index is 1.29. The van der Waals surface area contributed by atoms with Crippen molar-refractivity contribution in [3.05, 3.63) is 65.7 Å². The Morgan fingerprint density at radius 2 is 1.81 bits per heavy atom. The SMILES string of the molecule is Cc1cc(C)n(-c2ccc(NC(=O)C3CCN(C(=O)Cc4ccn(C)c4)CC3)cc2)n1. The van der Waals surface area contributed by atoms with Gasteiger partial charge in [0.15, 0.2) is 0 Å². The fourth-order valence-corrected chi connectivity index (χ4v) is 4.16. The molecule has 1 aliphatic heterocycles. The van der Waals surface area contributed by atoms with E-state index in [4.69, 9.17) is 0 Å². The molecule has 0 spiro atoms. The molecule has 3 heterocycles. The van der Waals surface area contributed by atoms with Crippen LogP contribution in [-0.4, -0.2) is 44.2 Å². The lowest BCUT2D eigenvalue weighted by Crippen LogP contribution is -2.42. The first-order valence-electron chi connectivity index (χ1n) is 10.7. The Hall–Kier alpha value is -3.35. The minimum atomic E-state index is -0.0727. The molecule has 0 radical (unpaired) electrons. The van der Waals surface area contributed by atoms with Crippen molar-refractivity contribution in [2.24, 2.45) is 13.0 Å². The number of benzene rings is 1. The van der Waals surface area contributed by atoms with Gasteiger partial charge in [-0.25, -0.2) is 4.68 Å². The minimum Gasteiger partial charge on any atom is -0.357 e. The molecule has 2 aromatic heterocycles. The summed E-state index contributed by atoms with van der Waals surface area (Å²) in [7, 11) is 1.95. The van der Waals surface area contributed by atoms with Gasteiger partial charge < -0.3 is 14.8 Å². The third-order valence-corrected chi connectivity index (χ3v) is 5.86. The van der Waals surface area contributed by atoms with E-state index < -0.39 is 0 Å². The quantitative estimate of drug-likeness (QED) is 0.690. The van der Waals surface area contributed by atoms with Crippen LogP contribution in [0.15, 0.2) is 48.8 Å². The van der Waals surface area contributed by atoms with Crippen molar-refractivity contribution in [3.8, 4) is 5.69 Å².